The van der Waals surface area contributed by atoms with Crippen LogP contribution in [0.2, 0.25) is 0 Å². The summed E-state index contributed by atoms with van der Waals surface area (Å²) in [5.74, 6) is 0.966. The standard InChI is InChI=1S/C15H21N7OS.ClH/c1-20-12-6-5-11(9-13(12)21(2)15(20)23)10-16-7-4-8-24-14-17-18-19-22(14)3;/h5-6,9,16H,4,7-8,10H2,1-3H3;1H/p-1. The number of hydrogen-bond donors (Lipinski definition) is 1. The zero-order valence-electron chi connectivity index (χ0n) is 14.4. The SMILES string of the molecule is Cn1nnnc1SCCCNCc1ccc2c(c1)n(C)c(=O)n2C.[Cl-]. The molecule has 10 heteroatoms. The maximum atomic E-state index is 11.9. The Balaban J connectivity index is 0.00000225. The summed E-state index contributed by atoms with van der Waals surface area (Å²) in [5.41, 5.74) is 3.10. The highest BCUT2D eigenvalue weighted by Crippen LogP contribution is 2.14. The summed E-state index contributed by atoms with van der Waals surface area (Å²) >= 11 is 1.65. The second-order valence-corrected chi connectivity index (χ2v) is 6.75. The number of tetrazole rings is 1. The Morgan fingerprint density at radius 3 is 2.64 bits per heavy atom. The topological polar surface area (TPSA) is 82.6 Å². The Kier molecular flexibility index (Phi) is 6.63. The van der Waals surface area contributed by atoms with Crippen molar-refractivity contribution < 1.29 is 12.4 Å². The van der Waals surface area contributed by atoms with E-state index in [1.807, 2.05) is 13.1 Å². The van der Waals surface area contributed by atoms with Gasteiger partial charge in [-0.1, -0.05) is 17.8 Å². The van der Waals surface area contributed by atoms with Crippen molar-refractivity contribution in [2.75, 3.05) is 12.3 Å². The van der Waals surface area contributed by atoms with Crippen LogP contribution in [0.4, 0.5) is 0 Å². The number of aromatic nitrogens is 6. The molecule has 0 spiro atoms. The number of nitrogens with zero attached hydrogens (tertiary/aromatic N) is 6. The molecule has 0 aliphatic heterocycles. The molecule has 0 fully saturated rings. The minimum Gasteiger partial charge on any atom is -1.00 e. The average Bonchev–Trinajstić information content (AvgIpc) is 3.08. The lowest BCUT2D eigenvalue weighted by atomic mass is 10.2. The van der Waals surface area contributed by atoms with Crippen LogP contribution in [-0.2, 0) is 27.7 Å². The summed E-state index contributed by atoms with van der Waals surface area (Å²) in [6.45, 7) is 1.71. The van der Waals surface area contributed by atoms with Crippen LogP contribution in [0.5, 0.6) is 0 Å². The van der Waals surface area contributed by atoms with Gasteiger partial charge in [0.25, 0.3) is 0 Å². The van der Waals surface area contributed by atoms with E-state index in [0.717, 1.165) is 41.5 Å². The monoisotopic (exact) mass is 382 g/mol. The molecule has 1 N–H and O–H groups in total. The molecular weight excluding hydrogens is 362 g/mol. The first-order chi connectivity index (χ1) is 11.6. The fraction of sp³-hybridized carbons (Fsp3) is 0.467. The first kappa shape index (κ1) is 19.5. The molecule has 3 rings (SSSR count). The van der Waals surface area contributed by atoms with Gasteiger partial charge in [0.05, 0.1) is 11.0 Å². The van der Waals surface area contributed by atoms with Crippen molar-refractivity contribution in [2.45, 2.75) is 18.1 Å². The number of rotatable bonds is 7. The Morgan fingerprint density at radius 2 is 1.92 bits per heavy atom. The first-order valence-corrected chi connectivity index (χ1v) is 8.76. The van der Waals surface area contributed by atoms with Crippen molar-refractivity contribution in [3.05, 3.63) is 34.2 Å². The fourth-order valence-corrected chi connectivity index (χ4v) is 3.39. The van der Waals surface area contributed by atoms with Crippen molar-refractivity contribution in [1.82, 2.24) is 34.7 Å². The third kappa shape index (κ3) is 4.23. The molecule has 0 unspecified atom stereocenters. The van der Waals surface area contributed by atoms with Crippen molar-refractivity contribution in [1.29, 1.82) is 0 Å². The first-order valence-electron chi connectivity index (χ1n) is 7.78. The molecular formula is C15H21ClN7OS-. The van der Waals surface area contributed by atoms with Gasteiger partial charge in [0, 0.05) is 33.4 Å². The zero-order chi connectivity index (χ0) is 17.1. The summed E-state index contributed by atoms with van der Waals surface area (Å²) in [6.07, 6.45) is 1.03. The third-order valence-electron chi connectivity index (χ3n) is 3.98. The molecule has 2 aromatic heterocycles. The smallest absolute Gasteiger partial charge is 0.328 e. The number of halogens is 1. The maximum absolute atomic E-state index is 11.9. The Bertz CT molecular complexity index is 901. The highest BCUT2D eigenvalue weighted by Gasteiger charge is 2.08. The average molecular weight is 383 g/mol. The lowest BCUT2D eigenvalue weighted by Crippen LogP contribution is -3.00. The number of thioether (sulfide) groups is 1. The molecule has 1 aromatic carbocycles. The lowest BCUT2D eigenvalue weighted by molar-refractivity contribution is -0.00000530. The van der Waals surface area contributed by atoms with Crippen LogP contribution < -0.4 is 23.4 Å². The number of imidazole rings is 1. The normalized spacial score (nSPS) is 11.0. The maximum Gasteiger partial charge on any atom is 0.328 e. The molecule has 0 saturated heterocycles. The zero-order valence-corrected chi connectivity index (χ0v) is 16.0. The number of nitrogens with one attached hydrogen (secondary N) is 1. The molecule has 0 aliphatic carbocycles. The van der Waals surface area contributed by atoms with Crippen molar-refractivity contribution in [2.24, 2.45) is 21.1 Å². The molecule has 0 saturated carbocycles. The minimum absolute atomic E-state index is 0. The third-order valence-corrected chi connectivity index (χ3v) is 5.07. The van der Waals surface area contributed by atoms with Crippen molar-refractivity contribution >= 4 is 22.8 Å². The van der Waals surface area contributed by atoms with Crippen LogP contribution in [0.15, 0.2) is 28.2 Å². The van der Waals surface area contributed by atoms with Gasteiger partial charge >= 0.3 is 5.69 Å². The highest BCUT2D eigenvalue weighted by molar-refractivity contribution is 7.99. The van der Waals surface area contributed by atoms with Gasteiger partial charge in [0.15, 0.2) is 0 Å². The summed E-state index contributed by atoms with van der Waals surface area (Å²) in [6, 6.07) is 6.14. The van der Waals surface area contributed by atoms with E-state index in [1.165, 1.54) is 5.56 Å². The predicted octanol–water partition coefficient (Wildman–Crippen LogP) is -2.32. The van der Waals surface area contributed by atoms with E-state index >= 15 is 0 Å². The van der Waals surface area contributed by atoms with Gasteiger partial charge in [-0.15, -0.1) is 5.10 Å². The predicted molar refractivity (Wildman–Crippen MR) is 94.0 cm³/mol. The van der Waals surface area contributed by atoms with E-state index in [1.54, 1.807) is 39.7 Å². The lowest BCUT2D eigenvalue weighted by Gasteiger charge is -2.05. The van der Waals surface area contributed by atoms with Crippen LogP contribution in [0, 0.1) is 0 Å². The van der Waals surface area contributed by atoms with E-state index < -0.39 is 0 Å². The van der Waals surface area contributed by atoms with Crippen LogP contribution in [0.25, 0.3) is 11.0 Å². The van der Waals surface area contributed by atoms with Gasteiger partial charge in [-0.2, -0.15) is 0 Å². The van der Waals surface area contributed by atoms with E-state index in [0.29, 0.717) is 0 Å². The van der Waals surface area contributed by atoms with E-state index in [9.17, 15) is 4.79 Å². The molecule has 0 aliphatic rings. The molecule has 0 radical (unpaired) electrons. The number of benzene rings is 1. The summed E-state index contributed by atoms with van der Waals surface area (Å²) in [4.78, 5) is 11.9. The van der Waals surface area contributed by atoms with E-state index in [4.69, 9.17) is 0 Å². The molecule has 136 valence electrons. The molecule has 25 heavy (non-hydrogen) atoms. The van der Waals surface area contributed by atoms with Crippen LogP contribution >= 0.6 is 11.8 Å². The Morgan fingerprint density at radius 1 is 1.16 bits per heavy atom. The second-order valence-electron chi connectivity index (χ2n) is 5.69. The summed E-state index contributed by atoms with van der Waals surface area (Å²) in [5, 5.41) is 15.6. The number of hydrogen-bond acceptors (Lipinski definition) is 6. The molecule has 8 nitrogen and oxygen atoms in total. The van der Waals surface area contributed by atoms with Gasteiger partial charge in [-0.25, -0.2) is 9.48 Å². The van der Waals surface area contributed by atoms with Gasteiger partial charge < -0.3 is 17.7 Å². The molecule has 3 aromatic rings. The highest BCUT2D eigenvalue weighted by atomic mass is 35.5. The molecule has 0 bridgehead atoms. The van der Waals surface area contributed by atoms with Crippen molar-refractivity contribution in [3.8, 4) is 0 Å². The molecule has 2 heterocycles. The van der Waals surface area contributed by atoms with Gasteiger partial charge in [0.1, 0.15) is 0 Å². The minimum atomic E-state index is 0. The van der Waals surface area contributed by atoms with Gasteiger partial charge in [-0.05, 0) is 41.1 Å². The van der Waals surface area contributed by atoms with E-state index in [2.05, 4.69) is 33.0 Å². The summed E-state index contributed by atoms with van der Waals surface area (Å²) < 4.78 is 5.03. The largest absolute Gasteiger partial charge is 1.00 e. The second kappa shape index (κ2) is 8.50. The fourth-order valence-electron chi connectivity index (χ4n) is 2.60. The number of fused-ring (bicyclic) bond motifs is 1. The summed E-state index contributed by atoms with van der Waals surface area (Å²) in [7, 11) is 5.45. The molecule has 0 amide bonds. The van der Waals surface area contributed by atoms with Crippen LogP contribution in [0.3, 0.4) is 0 Å². The Labute approximate surface area is 156 Å². The molecule has 0 atom stereocenters. The van der Waals surface area contributed by atoms with Crippen LogP contribution in [-0.4, -0.2) is 41.6 Å². The Hall–Kier alpha value is -1.84. The van der Waals surface area contributed by atoms with Crippen LogP contribution in [0.1, 0.15) is 12.0 Å². The van der Waals surface area contributed by atoms with Crippen molar-refractivity contribution in [3.63, 3.8) is 0 Å². The van der Waals surface area contributed by atoms with Gasteiger partial charge in [-0.3, -0.25) is 9.13 Å². The number of aryl methyl sites for hydroxylation is 3. The van der Waals surface area contributed by atoms with E-state index in [-0.39, 0.29) is 18.1 Å². The quantitative estimate of drug-likeness (QED) is 0.365. The van der Waals surface area contributed by atoms with Gasteiger partial charge in [0.2, 0.25) is 5.16 Å².